The van der Waals surface area contributed by atoms with Crippen molar-refractivity contribution < 1.29 is 0 Å². The number of hydrogen-bond donors (Lipinski definition) is 2. The van der Waals surface area contributed by atoms with Crippen LogP contribution in [0, 0.1) is 17.8 Å². The van der Waals surface area contributed by atoms with Crippen molar-refractivity contribution in [1.29, 1.82) is 0 Å². The number of hydrogen-bond acceptors (Lipinski definition) is 2. The predicted octanol–water partition coefficient (Wildman–Crippen LogP) is 1.89. The first-order valence-electron chi connectivity index (χ1n) is 6.83. The Kier molecular flexibility index (Phi) is 2.73. The van der Waals surface area contributed by atoms with Gasteiger partial charge in [0.2, 0.25) is 0 Å². The molecule has 3 aliphatic rings. The fourth-order valence-electron chi connectivity index (χ4n) is 2.81. The summed E-state index contributed by atoms with van der Waals surface area (Å²) in [6.45, 7) is 1.16. The Labute approximate surface area is 93.0 Å². The van der Waals surface area contributed by atoms with Gasteiger partial charge in [-0.25, -0.2) is 0 Å². The number of nitrogens with one attached hydrogen (secondary N) is 1. The van der Waals surface area contributed by atoms with Crippen LogP contribution >= 0.6 is 0 Å². The highest BCUT2D eigenvalue weighted by Gasteiger charge is 2.41. The SMILES string of the molecule is NC(CCNC(C1CC1)C1CC1)C1CC1. The Balaban J connectivity index is 1.36. The lowest BCUT2D eigenvalue weighted by molar-refractivity contribution is 0.398. The molecule has 1 atom stereocenters. The summed E-state index contributed by atoms with van der Waals surface area (Å²) in [5.74, 6) is 2.91. The maximum atomic E-state index is 6.11. The van der Waals surface area contributed by atoms with E-state index in [-0.39, 0.29) is 0 Å². The van der Waals surface area contributed by atoms with E-state index >= 15 is 0 Å². The van der Waals surface area contributed by atoms with Crippen LogP contribution < -0.4 is 11.1 Å². The Morgan fingerprint density at radius 2 is 1.47 bits per heavy atom. The van der Waals surface area contributed by atoms with Crippen molar-refractivity contribution >= 4 is 0 Å². The molecule has 86 valence electrons. The van der Waals surface area contributed by atoms with Gasteiger partial charge < -0.3 is 11.1 Å². The zero-order chi connectivity index (χ0) is 10.3. The molecule has 3 rings (SSSR count). The topological polar surface area (TPSA) is 38.0 Å². The summed E-state index contributed by atoms with van der Waals surface area (Å²) < 4.78 is 0. The van der Waals surface area contributed by atoms with Crippen molar-refractivity contribution in [3.8, 4) is 0 Å². The van der Waals surface area contributed by atoms with Gasteiger partial charge in [0, 0.05) is 12.1 Å². The van der Waals surface area contributed by atoms with E-state index in [1.165, 1.54) is 44.9 Å². The van der Waals surface area contributed by atoms with E-state index in [9.17, 15) is 0 Å². The van der Waals surface area contributed by atoms with Gasteiger partial charge >= 0.3 is 0 Å². The van der Waals surface area contributed by atoms with E-state index in [0.29, 0.717) is 6.04 Å². The molecule has 0 bridgehead atoms. The third kappa shape index (κ3) is 2.73. The molecule has 3 fully saturated rings. The lowest BCUT2D eigenvalue weighted by atomic mass is 10.1. The molecule has 0 aliphatic heterocycles. The molecular weight excluding hydrogens is 184 g/mol. The molecule has 15 heavy (non-hydrogen) atoms. The minimum absolute atomic E-state index is 0.483. The van der Waals surface area contributed by atoms with Crippen molar-refractivity contribution in [1.82, 2.24) is 5.32 Å². The third-order valence-corrected chi connectivity index (χ3v) is 4.34. The van der Waals surface area contributed by atoms with Gasteiger partial charge in [0.05, 0.1) is 0 Å². The first-order valence-corrected chi connectivity index (χ1v) is 6.83. The van der Waals surface area contributed by atoms with Crippen LogP contribution in [0.15, 0.2) is 0 Å². The number of rotatable bonds is 7. The molecule has 1 unspecified atom stereocenters. The van der Waals surface area contributed by atoms with Crippen LogP contribution in [0.2, 0.25) is 0 Å². The van der Waals surface area contributed by atoms with E-state index < -0.39 is 0 Å². The summed E-state index contributed by atoms with van der Waals surface area (Å²) in [7, 11) is 0. The quantitative estimate of drug-likeness (QED) is 0.670. The van der Waals surface area contributed by atoms with Crippen LogP contribution in [0.5, 0.6) is 0 Å². The normalized spacial score (nSPS) is 28.4. The standard InChI is InChI=1S/C13H24N2/c14-12(9-1-2-9)7-8-15-13(10-3-4-10)11-5-6-11/h9-13,15H,1-8,14H2. The molecule has 3 N–H and O–H groups in total. The second kappa shape index (κ2) is 4.06. The van der Waals surface area contributed by atoms with Crippen molar-refractivity contribution in [2.75, 3.05) is 6.54 Å². The molecule has 0 radical (unpaired) electrons. The van der Waals surface area contributed by atoms with Crippen LogP contribution in [0.3, 0.4) is 0 Å². The lowest BCUT2D eigenvalue weighted by Crippen LogP contribution is -2.37. The van der Waals surface area contributed by atoms with Crippen LogP contribution in [0.4, 0.5) is 0 Å². The van der Waals surface area contributed by atoms with E-state index in [1.807, 2.05) is 0 Å². The van der Waals surface area contributed by atoms with E-state index in [1.54, 1.807) is 0 Å². The number of nitrogens with two attached hydrogens (primary N) is 1. The highest BCUT2D eigenvalue weighted by Crippen LogP contribution is 2.44. The Morgan fingerprint density at radius 1 is 0.933 bits per heavy atom. The molecule has 2 nitrogen and oxygen atoms in total. The highest BCUT2D eigenvalue weighted by molar-refractivity contribution is 4.96. The average Bonchev–Trinajstić information content (AvgIpc) is 3.12. The second-order valence-electron chi connectivity index (χ2n) is 5.94. The molecule has 0 heterocycles. The van der Waals surface area contributed by atoms with Gasteiger partial charge in [-0.05, 0) is 69.2 Å². The average molecular weight is 208 g/mol. The van der Waals surface area contributed by atoms with Crippen LogP contribution in [0.1, 0.15) is 44.9 Å². The first kappa shape index (κ1) is 10.1. The minimum Gasteiger partial charge on any atom is -0.327 e. The molecule has 0 aromatic heterocycles. The van der Waals surface area contributed by atoms with Gasteiger partial charge in [0.1, 0.15) is 0 Å². The van der Waals surface area contributed by atoms with Crippen molar-refractivity contribution in [3.05, 3.63) is 0 Å². The van der Waals surface area contributed by atoms with Crippen molar-refractivity contribution in [2.24, 2.45) is 23.5 Å². The summed E-state index contributed by atoms with van der Waals surface area (Å²) in [6, 6.07) is 1.34. The molecule has 0 saturated heterocycles. The largest absolute Gasteiger partial charge is 0.327 e. The van der Waals surface area contributed by atoms with Crippen molar-refractivity contribution in [3.63, 3.8) is 0 Å². The van der Waals surface area contributed by atoms with E-state index in [2.05, 4.69) is 5.32 Å². The smallest absolute Gasteiger partial charge is 0.0124 e. The summed E-state index contributed by atoms with van der Waals surface area (Å²) in [5.41, 5.74) is 6.11. The summed E-state index contributed by atoms with van der Waals surface area (Å²) >= 11 is 0. The molecule has 0 amide bonds. The fourth-order valence-corrected chi connectivity index (χ4v) is 2.81. The molecule has 3 saturated carbocycles. The van der Waals surface area contributed by atoms with E-state index in [0.717, 1.165) is 30.3 Å². The predicted molar refractivity (Wildman–Crippen MR) is 62.6 cm³/mol. The molecule has 2 heteroatoms. The zero-order valence-electron chi connectivity index (χ0n) is 9.62. The van der Waals surface area contributed by atoms with Gasteiger partial charge in [0.25, 0.3) is 0 Å². The Bertz CT molecular complexity index is 205. The van der Waals surface area contributed by atoms with E-state index in [4.69, 9.17) is 5.73 Å². The fraction of sp³-hybridized carbons (Fsp3) is 1.00. The Hall–Kier alpha value is -0.0800. The zero-order valence-corrected chi connectivity index (χ0v) is 9.62. The van der Waals surface area contributed by atoms with Gasteiger partial charge in [-0.15, -0.1) is 0 Å². The second-order valence-corrected chi connectivity index (χ2v) is 5.94. The molecule has 0 spiro atoms. The summed E-state index contributed by atoms with van der Waals surface area (Å²) in [5, 5.41) is 3.78. The third-order valence-electron chi connectivity index (χ3n) is 4.34. The summed E-state index contributed by atoms with van der Waals surface area (Å²) in [4.78, 5) is 0. The first-order chi connectivity index (χ1) is 7.34. The van der Waals surface area contributed by atoms with Gasteiger partial charge in [-0.2, -0.15) is 0 Å². The minimum atomic E-state index is 0.483. The highest BCUT2D eigenvalue weighted by atomic mass is 14.9. The molecule has 3 aliphatic carbocycles. The van der Waals surface area contributed by atoms with Crippen molar-refractivity contribution in [2.45, 2.75) is 57.0 Å². The Morgan fingerprint density at radius 3 is 1.93 bits per heavy atom. The van der Waals surface area contributed by atoms with Crippen LogP contribution in [-0.2, 0) is 0 Å². The maximum absolute atomic E-state index is 6.11. The van der Waals surface area contributed by atoms with Gasteiger partial charge in [-0.1, -0.05) is 0 Å². The lowest BCUT2D eigenvalue weighted by Gasteiger charge is -2.19. The van der Waals surface area contributed by atoms with Crippen LogP contribution in [-0.4, -0.2) is 18.6 Å². The van der Waals surface area contributed by atoms with Gasteiger partial charge in [0.15, 0.2) is 0 Å². The monoisotopic (exact) mass is 208 g/mol. The molecular formula is C13H24N2. The summed E-state index contributed by atoms with van der Waals surface area (Å²) in [6.07, 6.45) is 9.86. The maximum Gasteiger partial charge on any atom is 0.0124 e. The molecule has 0 aromatic rings. The van der Waals surface area contributed by atoms with Crippen LogP contribution in [0.25, 0.3) is 0 Å². The molecule has 0 aromatic carbocycles. The van der Waals surface area contributed by atoms with Gasteiger partial charge in [-0.3, -0.25) is 0 Å².